The normalized spacial score (nSPS) is 20.9. The van der Waals surface area contributed by atoms with Gasteiger partial charge in [-0.15, -0.1) is 0 Å². The standard InChI is InChI=1S/C46H83O13P/c1-3-5-7-8-9-10-11-12-13-14-15-16-17-18-19-20-25-29-45(52)56-36-40(37-58-60(54,55)57-35-39(49)34-47)59-46(53)30-26-22-21-24-28-41-42(44(51)33-43(41)50)32-31-38(48)27-23-6-4-2/h12-13,21,24,31-32,38-44,47-51H,3-11,14-20,22-23,25-30,33-37H2,1-2H3,(H,54,55)/b13-12-,24-21+,32-31+/t38-,39-,40+,41+,42+,43-,44+/m0/s1. The van der Waals surface area contributed by atoms with Gasteiger partial charge in [0.1, 0.15) is 12.7 Å². The maximum atomic E-state index is 12.7. The fourth-order valence-electron chi connectivity index (χ4n) is 7.16. The molecule has 1 fully saturated rings. The van der Waals surface area contributed by atoms with E-state index >= 15 is 0 Å². The monoisotopic (exact) mass is 875 g/mol. The highest BCUT2D eigenvalue weighted by Crippen LogP contribution is 2.43. The average Bonchev–Trinajstić information content (AvgIpc) is 3.49. The Morgan fingerprint density at radius 2 is 1.23 bits per heavy atom. The lowest BCUT2D eigenvalue weighted by molar-refractivity contribution is -0.161. The van der Waals surface area contributed by atoms with Gasteiger partial charge in [-0.25, -0.2) is 4.57 Å². The molecule has 14 heteroatoms. The van der Waals surface area contributed by atoms with Crippen molar-refractivity contribution in [2.45, 2.75) is 205 Å². The van der Waals surface area contributed by atoms with Crippen molar-refractivity contribution in [1.29, 1.82) is 0 Å². The molecule has 0 aromatic rings. The van der Waals surface area contributed by atoms with E-state index < -0.39 is 76.7 Å². The molecule has 1 aliphatic carbocycles. The van der Waals surface area contributed by atoms with Crippen molar-refractivity contribution in [3.05, 3.63) is 36.5 Å². The van der Waals surface area contributed by atoms with Gasteiger partial charge in [0.05, 0.1) is 38.1 Å². The Hall–Kier alpha value is -1.93. The van der Waals surface area contributed by atoms with Gasteiger partial charge in [0.2, 0.25) is 0 Å². The van der Waals surface area contributed by atoms with Gasteiger partial charge in [-0.05, 0) is 63.7 Å². The first-order chi connectivity index (χ1) is 28.9. The van der Waals surface area contributed by atoms with Crippen molar-refractivity contribution in [3.63, 3.8) is 0 Å². The lowest BCUT2D eigenvalue weighted by Gasteiger charge is -2.20. The van der Waals surface area contributed by atoms with Gasteiger partial charge in [-0.3, -0.25) is 18.6 Å². The molecule has 0 aliphatic heterocycles. The highest BCUT2D eigenvalue weighted by atomic mass is 31.2. The summed E-state index contributed by atoms with van der Waals surface area (Å²) >= 11 is 0. The first kappa shape index (κ1) is 56.1. The number of aliphatic hydroxyl groups is 5. The summed E-state index contributed by atoms with van der Waals surface area (Å²) in [5.41, 5.74) is 0. The third-order valence-corrected chi connectivity index (χ3v) is 11.8. The number of carbonyl (C=O) groups excluding carboxylic acids is 2. The Balaban J connectivity index is 2.45. The molecule has 6 N–H and O–H groups in total. The Morgan fingerprint density at radius 3 is 1.88 bits per heavy atom. The highest BCUT2D eigenvalue weighted by Gasteiger charge is 2.39. The second-order valence-corrected chi connectivity index (χ2v) is 17.8. The van der Waals surface area contributed by atoms with E-state index in [1.165, 1.54) is 57.8 Å². The van der Waals surface area contributed by atoms with Gasteiger partial charge in [0.25, 0.3) is 0 Å². The molecule has 1 unspecified atom stereocenters. The molecule has 60 heavy (non-hydrogen) atoms. The number of esters is 2. The van der Waals surface area contributed by atoms with E-state index in [1.54, 1.807) is 6.08 Å². The summed E-state index contributed by atoms with van der Waals surface area (Å²) in [4.78, 5) is 35.2. The molecule has 1 rings (SSSR count). The molecular formula is C46H83O13P. The van der Waals surface area contributed by atoms with Crippen LogP contribution < -0.4 is 0 Å². The minimum Gasteiger partial charge on any atom is -0.462 e. The zero-order valence-electron chi connectivity index (χ0n) is 37.0. The smallest absolute Gasteiger partial charge is 0.462 e. The zero-order valence-corrected chi connectivity index (χ0v) is 37.9. The van der Waals surface area contributed by atoms with Gasteiger partial charge >= 0.3 is 19.8 Å². The number of hydrogen-bond acceptors (Lipinski definition) is 12. The van der Waals surface area contributed by atoms with Crippen molar-refractivity contribution in [1.82, 2.24) is 0 Å². The fourth-order valence-corrected chi connectivity index (χ4v) is 7.95. The van der Waals surface area contributed by atoms with Gasteiger partial charge in [-0.2, -0.15) is 0 Å². The SMILES string of the molecule is CCCCCCCC/C=C\CCCCCCCCCC(=O)OC[C@H](COP(=O)(O)OC[C@@H](O)CO)OC(=O)CCC/C=C/C[C@@H]1[C@@H](/C=C/[C@@H](O)CCCCC)[C@H](O)C[C@@H]1O. The van der Waals surface area contributed by atoms with Crippen molar-refractivity contribution in [2.24, 2.45) is 11.8 Å². The molecule has 350 valence electrons. The summed E-state index contributed by atoms with van der Waals surface area (Å²) in [5.74, 6) is -1.58. The van der Waals surface area contributed by atoms with Crippen LogP contribution >= 0.6 is 7.82 Å². The summed E-state index contributed by atoms with van der Waals surface area (Å²) in [6.07, 6.45) is 30.6. The van der Waals surface area contributed by atoms with Crippen LogP contribution in [0.25, 0.3) is 0 Å². The number of phosphoric ester groups is 1. The Kier molecular flexibility index (Phi) is 34.2. The van der Waals surface area contributed by atoms with Crippen molar-refractivity contribution < 1.29 is 63.1 Å². The molecule has 13 nitrogen and oxygen atoms in total. The largest absolute Gasteiger partial charge is 0.472 e. The molecule has 0 radical (unpaired) electrons. The van der Waals surface area contributed by atoms with Crippen LogP contribution in [-0.2, 0) is 32.7 Å². The van der Waals surface area contributed by atoms with Crippen LogP contribution in [0.3, 0.4) is 0 Å². The number of rotatable bonds is 39. The maximum Gasteiger partial charge on any atom is 0.472 e. The molecule has 0 aromatic heterocycles. The molecule has 8 atom stereocenters. The summed E-state index contributed by atoms with van der Waals surface area (Å²) in [6.45, 7) is 2.00. The molecule has 0 aromatic carbocycles. The summed E-state index contributed by atoms with van der Waals surface area (Å²) in [7, 11) is -4.69. The Bertz CT molecular complexity index is 1210. The Morgan fingerprint density at radius 1 is 0.683 bits per heavy atom. The van der Waals surface area contributed by atoms with E-state index in [1.807, 2.05) is 18.2 Å². The van der Waals surface area contributed by atoms with Crippen LogP contribution in [0.2, 0.25) is 0 Å². The molecule has 0 heterocycles. The quantitative estimate of drug-likeness (QED) is 0.0148. The number of ether oxygens (including phenoxy) is 2. The second-order valence-electron chi connectivity index (χ2n) is 16.4. The Labute approximate surface area is 361 Å². The molecule has 0 spiro atoms. The number of carbonyl (C=O) groups is 2. The summed E-state index contributed by atoms with van der Waals surface area (Å²) in [6, 6.07) is 0. The van der Waals surface area contributed by atoms with E-state index in [4.69, 9.17) is 19.1 Å². The lowest BCUT2D eigenvalue weighted by Crippen LogP contribution is -2.29. The van der Waals surface area contributed by atoms with E-state index in [0.29, 0.717) is 32.1 Å². The van der Waals surface area contributed by atoms with Gasteiger partial charge in [0, 0.05) is 25.2 Å². The summed E-state index contributed by atoms with van der Waals surface area (Å²) < 4.78 is 32.7. The van der Waals surface area contributed by atoms with Crippen LogP contribution in [0.5, 0.6) is 0 Å². The van der Waals surface area contributed by atoms with Gasteiger partial charge < -0.3 is 39.9 Å². The minimum absolute atomic E-state index is 0.00672. The van der Waals surface area contributed by atoms with Crippen molar-refractivity contribution in [3.8, 4) is 0 Å². The first-order valence-corrected chi connectivity index (χ1v) is 24.7. The topological polar surface area (TPSA) is 210 Å². The molecular weight excluding hydrogens is 791 g/mol. The number of hydrogen-bond donors (Lipinski definition) is 6. The van der Waals surface area contributed by atoms with Crippen LogP contribution in [-0.4, -0.2) is 99.3 Å². The zero-order chi connectivity index (χ0) is 44.3. The summed E-state index contributed by atoms with van der Waals surface area (Å²) in [5, 5.41) is 49.7. The van der Waals surface area contributed by atoms with Gasteiger partial charge in [0.15, 0.2) is 6.10 Å². The van der Waals surface area contributed by atoms with Crippen LogP contribution in [0.1, 0.15) is 174 Å². The lowest BCUT2D eigenvalue weighted by atomic mass is 9.89. The minimum atomic E-state index is -4.69. The molecule has 0 bridgehead atoms. The highest BCUT2D eigenvalue weighted by molar-refractivity contribution is 7.47. The molecule has 0 saturated heterocycles. The maximum absolute atomic E-state index is 12.7. The molecule has 1 aliphatic rings. The van der Waals surface area contributed by atoms with Crippen molar-refractivity contribution >= 4 is 19.8 Å². The van der Waals surface area contributed by atoms with Gasteiger partial charge in [-0.1, -0.05) is 134 Å². The third kappa shape index (κ3) is 30.2. The fraction of sp³-hybridized carbons (Fsp3) is 0.826. The third-order valence-electron chi connectivity index (χ3n) is 10.8. The average molecular weight is 875 g/mol. The first-order valence-electron chi connectivity index (χ1n) is 23.2. The number of allylic oxidation sites excluding steroid dienone is 4. The van der Waals surface area contributed by atoms with E-state index in [2.05, 4.69) is 30.5 Å². The van der Waals surface area contributed by atoms with Crippen LogP contribution in [0, 0.1) is 11.8 Å². The van der Waals surface area contributed by atoms with E-state index in [9.17, 15) is 39.5 Å². The van der Waals surface area contributed by atoms with E-state index in [0.717, 1.165) is 51.4 Å². The predicted molar refractivity (Wildman–Crippen MR) is 235 cm³/mol. The number of unbranched alkanes of at least 4 members (excludes halogenated alkanes) is 16. The van der Waals surface area contributed by atoms with Crippen molar-refractivity contribution in [2.75, 3.05) is 26.4 Å². The molecule has 1 saturated carbocycles. The molecule has 0 amide bonds. The number of phosphoric acid groups is 1. The van der Waals surface area contributed by atoms with Crippen LogP contribution in [0.4, 0.5) is 0 Å². The predicted octanol–water partition coefficient (Wildman–Crippen LogP) is 8.72. The van der Waals surface area contributed by atoms with E-state index in [-0.39, 0.29) is 31.1 Å². The van der Waals surface area contributed by atoms with Crippen LogP contribution in [0.15, 0.2) is 36.5 Å². The number of aliphatic hydroxyl groups excluding tert-OH is 5. The second kappa shape index (κ2) is 36.5.